The van der Waals surface area contributed by atoms with Gasteiger partial charge in [-0.15, -0.1) is 0 Å². The molecule has 0 spiro atoms. The van der Waals surface area contributed by atoms with E-state index in [4.69, 9.17) is 0 Å². The van der Waals surface area contributed by atoms with E-state index in [0.29, 0.717) is 0 Å². The number of rotatable bonds is 6. The Kier molecular flexibility index (Phi) is 7.92. The molecule has 0 radical (unpaired) electrons. The first kappa shape index (κ1) is 15.0. The molecule has 1 heteroatoms. The molecule has 0 bridgehead atoms. The van der Waals surface area contributed by atoms with E-state index in [2.05, 4.69) is 26.1 Å². The molecule has 0 aromatic rings. The summed E-state index contributed by atoms with van der Waals surface area (Å²) in [6, 6.07) is 0.780. The Morgan fingerprint density at radius 2 is 1.53 bits per heavy atom. The normalized spacial score (nSPS) is 22.8. The van der Waals surface area contributed by atoms with Crippen molar-refractivity contribution in [2.45, 2.75) is 84.6 Å². The van der Waals surface area contributed by atoms with Crippen molar-refractivity contribution in [1.82, 2.24) is 5.32 Å². The summed E-state index contributed by atoms with van der Waals surface area (Å²) in [4.78, 5) is 0. The first-order valence-electron chi connectivity index (χ1n) is 8.01. The highest BCUT2D eigenvalue weighted by atomic mass is 14.9. The van der Waals surface area contributed by atoms with Crippen LogP contribution >= 0.6 is 0 Å². The Labute approximate surface area is 109 Å². The van der Waals surface area contributed by atoms with E-state index in [1.165, 1.54) is 64.3 Å². The number of hydrogen-bond acceptors (Lipinski definition) is 1. The Hall–Kier alpha value is -0.0400. The van der Waals surface area contributed by atoms with Crippen molar-refractivity contribution < 1.29 is 0 Å². The molecule has 17 heavy (non-hydrogen) atoms. The molecule has 1 saturated carbocycles. The lowest BCUT2D eigenvalue weighted by molar-refractivity contribution is 0.269. The molecule has 0 saturated heterocycles. The van der Waals surface area contributed by atoms with Gasteiger partial charge in [-0.25, -0.2) is 0 Å². The van der Waals surface area contributed by atoms with Gasteiger partial charge in [0.05, 0.1) is 0 Å². The third-order valence-electron chi connectivity index (χ3n) is 4.58. The maximum Gasteiger partial charge on any atom is 0.00928 e. The Balaban J connectivity index is 2.35. The topological polar surface area (TPSA) is 12.0 Å². The van der Waals surface area contributed by atoms with Crippen molar-refractivity contribution in [3.63, 3.8) is 0 Å². The van der Waals surface area contributed by atoms with Gasteiger partial charge in [0, 0.05) is 6.04 Å². The molecule has 2 atom stereocenters. The third-order valence-corrected chi connectivity index (χ3v) is 4.58. The average Bonchev–Trinajstić information content (AvgIpc) is 2.31. The lowest BCUT2D eigenvalue weighted by Crippen LogP contribution is -2.38. The van der Waals surface area contributed by atoms with Crippen LogP contribution in [0, 0.1) is 11.8 Å². The van der Waals surface area contributed by atoms with E-state index in [1.807, 2.05) is 0 Å². The van der Waals surface area contributed by atoms with Crippen molar-refractivity contribution in [2.75, 3.05) is 6.54 Å². The van der Waals surface area contributed by atoms with Crippen LogP contribution in [-0.2, 0) is 0 Å². The molecule has 1 fully saturated rings. The summed E-state index contributed by atoms with van der Waals surface area (Å²) >= 11 is 0. The molecule has 0 aliphatic heterocycles. The fourth-order valence-corrected chi connectivity index (χ4v) is 3.03. The van der Waals surface area contributed by atoms with Crippen LogP contribution in [-0.4, -0.2) is 12.6 Å². The van der Waals surface area contributed by atoms with Gasteiger partial charge in [-0.2, -0.15) is 0 Å². The van der Waals surface area contributed by atoms with E-state index in [-0.39, 0.29) is 0 Å². The maximum atomic E-state index is 3.84. The maximum absolute atomic E-state index is 3.84. The summed E-state index contributed by atoms with van der Waals surface area (Å²) in [5.41, 5.74) is 0. The Bertz CT molecular complexity index is 170. The van der Waals surface area contributed by atoms with E-state index in [1.54, 1.807) is 0 Å². The van der Waals surface area contributed by atoms with Crippen molar-refractivity contribution in [3.8, 4) is 0 Å². The monoisotopic (exact) mass is 239 g/mol. The van der Waals surface area contributed by atoms with E-state index < -0.39 is 0 Å². The average molecular weight is 239 g/mol. The summed E-state index contributed by atoms with van der Waals surface area (Å²) < 4.78 is 0. The molecular weight excluding hydrogens is 206 g/mol. The van der Waals surface area contributed by atoms with E-state index >= 15 is 0 Å². The fraction of sp³-hybridized carbons (Fsp3) is 1.00. The smallest absolute Gasteiger partial charge is 0.00928 e. The van der Waals surface area contributed by atoms with Gasteiger partial charge in [-0.05, 0) is 37.6 Å². The van der Waals surface area contributed by atoms with Gasteiger partial charge in [0.2, 0.25) is 0 Å². The van der Waals surface area contributed by atoms with Gasteiger partial charge in [0.25, 0.3) is 0 Å². The van der Waals surface area contributed by atoms with Crippen LogP contribution in [0.5, 0.6) is 0 Å². The van der Waals surface area contributed by atoms with Crippen LogP contribution in [0.15, 0.2) is 0 Å². The summed E-state index contributed by atoms with van der Waals surface area (Å²) in [7, 11) is 0. The molecule has 1 aliphatic rings. The Morgan fingerprint density at radius 1 is 0.941 bits per heavy atom. The van der Waals surface area contributed by atoms with Gasteiger partial charge in [0.1, 0.15) is 0 Å². The lowest BCUT2D eigenvalue weighted by atomic mass is 9.84. The molecule has 1 N–H and O–H groups in total. The molecule has 102 valence electrons. The summed E-state index contributed by atoms with van der Waals surface area (Å²) in [5.74, 6) is 1.78. The van der Waals surface area contributed by atoms with Crippen LogP contribution in [0.25, 0.3) is 0 Å². The highest BCUT2D eigenvalue weighted by Crippen LogP contribution is 2.26. The molecule has 0 aromatic carbocycles. The van der Waals surface area contributed by atoms with Crippen molar-refractivity contribution >= 4 is 0 Å². The van der Waals surface area contributed by atoms with Crippen LogP contribution in [0.2, 0.25) is 0 Å². The predicted octanol–water partition coefficient (Wildman–Crippen LogP) is 4.76. The zero-order valence-corrected chi connectivity index (χ0v) is 12.3. The number of hydrogen-bond donors (Lipinski definition) is 1. The molecule has 1 aliphatic carbocycles. The fourth-order valence-electron chi connectivity index (χ4n) is 3.03. The molecule has 0 aromatic heterocycles. The first-order valence-corrected chi connectivity index (χ1v) is 8.01. The highest BCUT2D eigenvalue weighted by Gasteiger charge is 2.20. The van der Waals surface area contributed by atoms with Crippen LogP contribution < -0.4 is 5.32 Å². The second kappa shape index (κ2) is 8.97. The van der Waals surface area contributed by atoms with E-state index in [9.17, 15) is 0 Å². The minimum absolute atomic E-state index is 0.780. The quantitative estimate of drug-likeness (QED) is 0.704. The largest absolute Gasteiger partial charge is 0.313 e. The summed E-state index contributed by atoms with van der Waals surface area (Å²) in [6.07, 6.45) is 12.9. The van der Waals surface area contributed by atoms with Gasteiger partial charge in [0.15, 0.2) is 0 Å². The first-order chi connectivity index (χ1) is 8.27. The molecular formula is C16H33N. The molecule has 0 heterocycles. The van der Waals surface area contributed by atoms with Gasteiger partial charge >= 0.3 is 0 Å². The van der Waals surface area contributed by atoms with Gasteiger partial charge < -0.3 is 5.32 Å². The summed E-state index contributed by atoms with van der Waals surface area (Å²) in [6.45, 7) is 8.22. The minimum Gasteiger partial charge on any atom is -0.313 e. The van der Waals surface area contributed by atoms with Gasteiger partial charge in [-0.3, -0.25) is 0 Å². The number of nitrogens with one attached hydrogen (secondary N) is 1. The molecule has 0 amide bonds. The zero-order valence-electron chi connectivity index (χ0n) is 12.3. The lowest BCUT2D eigenvalue weighted by Gasteiger charge is -2.30. The molecule has 1 nitrogen and oxygen atoms in total. The minimum atomic E-state index is 0.780. The van der Waals surface area contributed by atoms with Crippen LogP contribution in [0.1, 0.15) is 78.6 Å². The SMILES string of the molecule is CCC(C)CNC(CC)C1CCCCCCC1. The van der Waals surface area contributed by atoms with Gasteiger partial charge in [-0.1, -0.05) is 59.3 Å². The second-order valence-electron chi connectivity index (χ2n) is 6.04. The molecule has 2 unspecified atom stereocenters. The van der Waals surface area contributed by atoms with Crippen molar-refractivity contribution in [2.24, 2.45) is 11.8 Å². The van der Waals surface area contributed by atoms with Crippen molar-refractivity contribution in [1.29, 1.82) is 0 Å². The van der Waals surface area contributed by atoms with Crippen molar-refractivity contribution in [3.05, 3.63) is 0 Å². The third kappa shape index (κ3) is 5.90. The van der Waals surface area contributed by atoms with Crippen LogP contribution in [0.4, 0.5) is 0 Å². The van der Waals surface area contributed by atoms with Crippen LogP contribution in [0.3, 0.4) is 0 Å². The highest BCUT2D eigenvalue weighted by molar-refractivity contribution is 4.77. The summed E-state index contributed by atoms with van der Waals surface area (Å²) in [5, 5.41) is 3.84. The Morgan fingerprint density at radius 3 is 2.06 bits per heavy atom. The molecule has 1 rings (SSSR count). The second-order valence-corrected chi connectivity index (χ2v) is 6.04. The zero-order chi connectivity index (χ0) is 12.5. The predicted molar refractivity (Wildman–Crippen MR) is 77.3 cm³/mol. The standard InChI is InChI=1S/C16H33N/c1-4-14(3)13-17-16(5-2)15-11-9-7-6-8-10-12-15/h14-17H,4-13H2,1-3H3. The van der Waals surface area contributed by atoms with E-state index in [0.717, 1.165) is 17.9 Å².